The number of carbonyl (C=O) groups is 1. The minimum absolute atomic E-state index is 0. The van der Waals surface area contributed by atoms with E-state index < -0.39 is 0 Å². The molecule has 0 aromatic heterocycles. The van der Waals surface area contributed by atoms with Gasteiger partial charge in [-0.2, -0.15) is 0 Å². The summed E-state index contributed by atoms with van der Waals surface area (Å²) in [6.45, 7) is 0. The summed E-state index contributed by atoms with van der Waals surface area (Å²) in [5, 5.41) is 0. The molecule has 0 aromatic carbocycles. The topological polar surface area (TPSA) is 43.1 Å². The van der Waals surface area contributed by atoms with Gasteiger partial charge in [-0.15, -0.1) is 0 Å². The second kappa shape index (κ2) is 6.88. The zero-order valence-electron chi connectivity index (χ0n) is 3.44. The molecule has 0 saturated carbocycles. The van der Waals surface area contributed by atoms with Crippen LogP contribution < -0.4 is 63.9 Å². The number of hydrogen-bond donors (Lipinski definition) is 1. The minimum Gasteiger partial charge on any atom is -0.394 e. The van der Waals surface area contributed by atoms with Gasteiger partial charge in [0.1, 0.15) is 0 Å². The molecule has 2 nitrogen and oxygen atoms in total. The first-order chi connectivity index (χ1) is 2.27. The van der Waals surface area contributed by atoms with Crippen molar-refractivity contribution in [2.45, 2.75) is 0 Å². The van der Waals surface area contributed by atoms with Crippen molar-refractivity contribution in [1.29, 1.82) is 0 Å². The molecule has 0 rings (SSSR count). The van der Waals surface area contributed by atoms with E-state index in [1.165, 1.54) is 4.43 Å². The molecule has 30 valence electrons. The third-order valence-electron chi connectivity index (χ3n) is 0.108. The molecule has 0 heterocycles. The number of rotatable bonds is 1. The molecule has 0 aliphatic carbocycles. The van der Waals surface area contributed by atoms with Crippen LogP contribution in [0.1, 0.15) is 0 Å². The summed E-state index contributed by atoms with van der Waals surface area (Å²) in [4.78, 5) is 9.53. The van der Waals surface area contributed by atoms with Crippen LogP contribution in [0.2, 0.25) is 0 Å². The standard InChI is InChI=1S/C2H3INO.Rb/c3-1-2(4)5;/h1H,(H2,4,5);/q-1;+1. The summed E-state index contributed by atoms with van der Waals surface area (Å²) in [5.41, 5.74) is 4.59. The second-order valence-corrected chi connectivity index (χ2v) is 1.13. The number of primary amides is 1. The van der Waals surface area contributed by atoms with Gasteiger partial charge in [-0.3, -0.25) is 22.6 Å². The Morgan fingerprint density at radius 2 is 2.00 bits per heavy atom. The van der Waals surface area contributed by atoms with Crippen LogP contribution in [0.25, 0.3) is 0 Å². The molecule has 0 atom stereocenters. The zero-order chi connectivity index (χ0) is 4.28. The van der Waals surface area contributed by atoms with Crippen LogP contribution in [0.3, 0.4) is 0 Å². The van der Waals surface area contributed by atoms with Crippen molar-refractivity contribution >= 4 is 28.5 Å². The third-order valence-corrected chi connectivity index (χ3v) is 0.721. The van der Waals surface area contributed by atoms with E-state index >= 15 is 0 Å². The molecule has 0 saturated heterocycles. The maximum atomic E-state index is 9.53. The van der Waals surface area contributed by atoms with Crippen LogP contribution in [0, 0.1) is 4.43 Å². The van der Waals surface area contributed by atoms with Crippen molar-refractivity contribution in [2.24, 2.45) is 5.73 Å². The smallest absolute Gasteiger partial charge is 0.394 e. The average Bonchev–Trinajstić information content (AvgIpc) is 1.38. The molecule has 0 aliphatic heterocycles. The van der Waals surface area contributed by atoms with Crippen molar-refractivity contribution in [1.82, 2.24) is 0 Å². The fraction of sp³-hybridized carbons (Fsp3) is 0. The summed E-state index contributed by atoms with van der Waals surface area (Å²) in [5.74, 6) is -0.384. The van der Waals surface area contributed by atoms with Crippen molar-refractivity contribution < 1.29 is 63.0 Å². The van der Waals surface area contributed by atoms with Gasteiger partial charge < -0.3 is 10.5 Å². The molecular weight excluding hydrogens is 266 g/mol. The molecular formula is C2H3INORb. The minimum atomic E-state index is -0.384. The van der Waals surface area contributed by atoms with E-state index in [1.807, 2.05) is 0 Å². The monoisotopic (exact) mass is 269 g/mol. The van der Waals surface area contributed by atoms with E-state index in [2.05, 4.69) is 5.73 Å². The first-order valence-electron chi connectivity index (χ1n) is 1.000. The van der Waals surface area contributed by atoms with Gasteiger partial charge in [-0.1, -0.05) is 0 Å². The largest absolute Gasteiger partial charge is 1.00 e. The van der Waals surface area contributed by atoms with Crippen LogP contribution in [-0.2, 0) is 4.79 Å². The van der Waals surface area contributed by atoms with Gasteiger partial charge in [0.2, 0.25) is 0 Å². The van der Waals surface area contributed by atoms with Gasteiger partial charge in [-0.05, 0) is 0 Å². The fourth-order valence-corrected chi connectivity index (χ4v) is 0. The van der Waals surface area contributed by atoms with E-state index in [4.69, 9.17) is 0 Å². The molecule has 0 aromatic rings. The Kier molecular flexibility index (Phi) is 12.4. The van der Waals surface area contributed by atoms with E-state index in [0.29, 0.717) is 0 Å². The zero-order valence-corrected chi connectivity index (χ0v) is 10.5. The molecule has 2 N–H and O–H groups in total. The first-order valence-corrected chi connectivity index (χ1v) is 2.25. The number of nitrogens with two attached hydrogens (primary N) is 1. The van der Waals surface area contributed by atoms with Crippen molar-refractivity contribution in [2.75, 3.05) is 0 Å². The molecule has 0 spiro atoms. The maximum Gasteiger partial charge on any atom is 1.00 e. The Balaban J connectivity index is 0. The van der Waals surface area contributed by atoms with E-state index in [9.17, 15) is 4.79 Å². The van der Waals surface area contributed by atoms with Gasteiger partial charge in [-0.25, -0.2) is 4.43 Å². The maximum absolute atomic E-state index is 9.53. The summed E-state index contributed by atoms with van der Waals surface area (Å²) in [6.07, 6.45) is 0. The fourth-order valence-electron chi connectivity index (χ4n) is 0. The molecule has 0 fully saturated rings. The van der Waals surface area contributed by atoms with Crippen molar-refractivity contribution in [3.05, 3.63) is 4.43 Å². The molecule has 0 aliphatic rings. The third kappa shape index (κ3) is 9.30. The SMILES string of the molecule is NC(=O)[CH-]I.[Rb+]. The Labute approximate surface area is 99.2 Å². The van der Waals surface area contributed by atoms with Gasteiger partial charge in [0.05, 0.1) is 5.91 Å². The molecule has 4 heteroatoms. The number of hydrogen-bond acceptors (Lipinski definition) is 1. The Bertz CT molecular complexity index is 48.8. The molecule has 1 amide bonds. The van der Waals surface area contributed by atoms with Crippen LogP contribution in [0.15, 0.2) is 0 Å². The quantitative estimate of drug-likeness (QED) is 0.402. The Morgan fingerprint density at radius 3 is 2.00 bits per heavy atom. The van der Waals surface area contributed by atoms with Crippen molar-refractivity contribution in [3.63, 3.8) is 0 Å². The van der Waals surface area contributed by atoms with Crippen LogP contribution >= 0.6 is 22.6 Å². The van der Waals surface area contributed by atoms with Gasteiger partial charge in [0, 0.05) is 0 Å². The van der Waals surface area contributed by atoms with E-state index in [-0.39, 0.29) is 64.1 Å². The molecule has 0 bridgehead atoms. The Hall–Kier alpha value is 1.88. The number of halogens is 1. The van der Waals surface area contributed by atoms with Crippen LogP contribution in [-0.4, -0.2) is 5.91 Å². The summed E-state index contributed by atoms with van der Waals surface area (Å²) >= 11 is 1.78. The van der Waals surface area contributed by atoms with Gasteiger partial charge in [0.15, 0.2) is 0 Å². The van der Waals surface area contributed by atoms with Crippen molar-refractivity contribution in [3.8, 4) is 0 Å². The molecule has 6 heavy (non-hydrogen) atoms. The Morgan fingerprint density at radius 1 is 1.83 bits per heavy atom. The summed E-state index contributed by atoms with van der Waals surface area (Å²) in [6, 6.07) is 0. The average molecular weight is 269 g/mol. The van der Waals surface area contributed by atoms with Crippen LogP contribution in [0.4, 0.5) is 0 Å². The molecule has 0 unspecified atom stereocenters. The van der Waals surface area contributed by atoms with E-state index in [1.54, 1.807) is 22.6 Å². The summed E-state index contributed by atoms with van der Waals surface area (Å²) in [7, 11) is 0. The second-order valence-electron chi connectivity index (χ2n) is 0.511. The van der Waals surface area contributed by atoms with E-state index in [0.717, 1.165) is 0 Å². The van der Waals surface area contributed by atoms with Gasteiger partial charge >= 0.3 is 58.2 Å². The number of carbonyl (C=O) groups excluding carboxylic acids is 1. The summed E-state index contributed by atoms with van der Waals surface area (Å²) < 4.78 is 1.28. The van der Waals surface area contributed by atoms with Gasteiger partial charge in [0.25, 0.3) is 0 Å². The normalized spacial score (nSPS) is 5.50. The first kappa shape index (κ1) is 10.8. The number of amides is 1. The predicted octanol–water partition coefficient (Wildman–Crippen LogP) is -2.93. The molecule has 0 radical (unpaired) electrons. The predicted molar refractivity (Wildman–Crippen MR) is 27.5 cm³/mol. The van der Waals surface area contributed by atoms with Crippen LogP contribution in [0.5, 0.6) is 0 Å².